The summed E-state index contributed by atoms with van der Waals surface area (Å²) in [5, 5.41) is 12.1. The summed E-state index contributed by atoms with van der Waals surface area (Å²) in [6.07, 6.45) is 9.09. The van der Waals surface area contributed by atoms with E-state index in [4.69, 9.17) is 4.42 Å². The van der Waals surface area contributed by atoms with Gasteiger partial charge in [-0.25, -0.2) is 0 Å². The molecule has 0 spiro atoms. The highest BCUT2D eigenvalue weighted by Gasteiger charge is 2.22. The van der Waals surface area contributed by atoms with Gasteiger partial charge in [-0.05, 0) is 18.4 Å². The van der Waals surface area contributed by atoms with Gasteiger partial charge in [0.05, 0.1) is 0 Å². The molecule has 0 bridgehead atoms. The van der Waals surface area contributed by atoms with Crippen LogP contribution in [-0.4, -0.2) is 40.8 Å². The quantitative estimate of drug-likeness (QED) is 0.910. The van der Waals surface area contributed by atoms with Crippen LogP contribution in [0.15, 0.2) is 53.0 Å². The van der Waals surface area contributed by atoms with E-state index in [9.17, 15) is 0 Å². The molecule has 5 nitrogen and oxygen atoms in total. The van der Waals surface area contributed by atoms with Crippen LogP contribution < -0.4 is 5.32 Å². The second-order valence-electron chi connectivity index (χ2n) is 6.74. The summed E-state index contributed by atoms with van der Waals surface area (Å²) in [6, 6.07) is 11.0. The molecule has 1 atom stereocenters. The number of hydrogen-bond donors (Lipinski definition) is 1. The Morgan fingerprint density at radius 3 is 2.96 bits per heavy atom. The molecule has 2 heterocycles. The van der Waals surface area contributed by atoms with Crippen LogP contribution in [0.2, 0.25) is 0 Å². The Balaban J connectivity index is 1.35. The van der Waals surface area contributed by atoms with Crippen LogP contribution in [0.3, 0.4) is 0 Å². The van der Waals surface area contributed by atoms with Gasteiger partial charge in [-0.2, -0.15) is 0 Å². The third kappa shape index (κ3) is 4.24. The minimum absolute atomic E-state index is 0.353. The van der Waals surface area contributed by atoms with Gasteiger partial charge in [0.25, 0.3) is 0 Å². The molecule has 0 amide bonds. The number of rotatable bonds is 5. The number of hydrogen-bond acceptors (Lipinski definition) is 5. The molecule has 1 aliphatic heterocycles. The average Bonchev–Trinajstić information content (AvgIpc) is 3.12. The van der Waals surface area contributed by atoms with Crippen molar-refractivity contribution in [2.45, 2.75) is 31.8 Å². The molecule has 1 saturated heterocycles. The molecule has 130 valence electrons. The number of nitrogens with zero attached hydrogens (tertiary/aromatic N) is 3. The first-order valence-corrected chi connectivity index (χ1v) is 9.05. The van der Waals surface area contributed by atoms with Crippen molar-refractivity contribution in [1.29, 1.82) is 0 Å². The lowest BCUT2D eigenvalue weighted by molar-refractivity contribution is 0.187. The predicted octanol–water partition coefficient (Wildman–Crippen LogP) is 2.82. The molecule has 0 saturated carbocycles. The summed E-state index contributed by atoms with van der Waals surface area (Å²) in [4.78, 5) is 2.49. The van der Waals surface area contributed by atoms with Crippen molar-refractivity contribution in [2.24, 2.45) is 0 Å². The molecule has 0 unspecified atom stereocenters. The molecule has 1 fully saturated rings. The Morgan fingerprint density at radius 2 is 2.12 bits per heavy atom. The van der Waals surface area contributed by atoms with E-state index in [0.29, 0.717) is 11.9 Å². The molecule has 1 N–H and O–H groups in total. The molecule has 5 heteroatoms. The van der Waals surface area contributed by atoms with E-state index in [1.54, 1.807) is 0 Å². The second-order valence-corrected chi connectivity index (χ2v) is 6.74. The van der Waals surface area contributed by atoms with Gasteiger partial charge in [0, 0.05) is 44.2 Å². The fraction of sp³-hybridized carbons (Fsp3) is 0.400. The third-order valence-electron chi connectivity index (χ3n) is 4.77. The monoisotopic (exact) mass is 336 g/mol. The van der Waals surface area contributed by atoms with Crippen LogP contribution in [0.25, 0.3) is 5.57 Å². The van der Waals surface area contributed by atoms with E-state index in [1.807, 2.05) is 0 Å². The van der Waals surface area contributed by atoms with E-state index in [0.717, 1.165) is 56.9 Å². The summed E-state index contributed by atoms with van der Waals surface area (Å²) in [6.45, 7) is 4.06. The summed E-state index contributed by atoms with van der Waals surface area (Å²) in [5.41, 5.74) is 2.50. The van der Waals surface area contributed by atoms with Crippen LogP contribution >= 0.6 is 0 Å². The van der Waals surface area contributed by atoms with Gasteiger partial charge < -0.3 is 9.73 Å². The molecular formula is C20H24N4O. The molecular weight excluding hydrogens is 312 g/mol. The number of allylic oxidation sites excluding steroid dienone is 4. The lowest BCUT2D eigenvalue weighted by Crippen LogP contribution is -2.51. The van der Waals surface area contributed by atoms with Gasteiger partial charge >= 0.3 is 0 Å². The third-order valence-corrected chi connectivity index (χ3v) is 4.77. The lowest BCUT2D eigenvalue weighted by atomic mass is 10.1. The highest BCUT2D eigenvalue weighted by Crippen LogP contribution is 2.22. The molecule has 2 aliphatic rings. The Bertz CT molecular complexity index is 750. The summed E-state index contributed by atoms with van der Waals surface area (Å²) >= 11 is 0. The smallest absolute Gasteiger partial charge is 0.243 e. The number of nitrogens with one attached hydrogen (secondary N) is 1. The first-order valence-electron chi connectivity index (χ1n) is 9.05. The topological polar surface area (TPSA) is 54.2 Å². The molecule has 4 rings (SSSR count). The van der Waals surface area contributed by atoms with Crippen molar-refractivity contribution in [3.05, 3.63) is 65.9 Å². The minimum atomic E-state index is 0.353. The maximum atomic E-state index is 5.90. The van der Waals surface area contributed by atoms with Crippen molar-refractivity contribution in [1.82, 2.24) is 20.4 Å². The van der Waals surface area contributed by atoms with E-state index >= 15 is 0 Å². The predicted molar refractivity (Wildman–Crippen MR) is 97.9 cm³/mol. The fourth-order valence-electron chi connectivity index (χ4n) is 3.47. The normalized spacial score (nSPS) is 21.3. The first kappa shape index (κ1) is 16.2. The second kappa shape index (κ2) is 7.76. The van der Waals surface area contributed by atoms with Crippen molar-refractivity contribution in [3.8, 4) is 0 Å². The first-order chi connectivity index (χ1) is 12.4. The average molecular weight is 336 g/mol. The van der Waals surface area contributed by atoms with Crippen LogP contribution in [0, 0.1) is 0 Å². The number of aromatic nitrogens is 2. The summed E-state index contributed by atoms with van der Waals surface area (Å²) < 4.78 is 5.90. The van der Waals surface area contributed by atoms with Crippen molar-refractivity contribution < 1.29 is 4.42 Å². The Hall–Kier alpha value is -2.24. The number of benzene rings is 1. The zero-order valence-corrected chi connectivity index (χ0v) is 14.4. The number of piperazine rings is 1. The Kier molecular flexibility index (Phi) is 5.04. The highest BCUT2D eigenvalue weighted by atomic mass is 16.4. The Morgan fingerprint density at radius 1 is 1.20 bits per heavy atom. The van der Waals surface area contributed by atoms with E-state index < -0.39 is 0 Å². The molecule has 25 heavy (non-hydrogen) atoms. The van der Waals surface area contributed by atoms with Gasteiger partial charge in [-0.1, -0.05) is 48.6 Å². The van der Waals surface area contributed by atoms with E-state index in [1.165, 1.54) is 5.56 Å². The van der Waals surface area contributed by atoms with E-state index in [2.05, 4.69) is 69.0 Å². The van der Waals surface area contributed by atoms with Gasteiger partial charge in [0.15, 0.2) is 0 Å². The van der Waals surface area contributed by atoms with Crippen LogP contribution in [0.5, 0.6) is 0 Å². The largest absolute Gasteiger partial charge is 0.421 e. The van der Waals surface area contributed by atoms with Crippen molar-refractivity contribution in [3.63, 3.8) is 0 Å². The summed E-state index contributed by atoms with van der Waals surface area (Å²) in [5.74, 6) is 1.40. The molecule has 2 aromatic rings. The maximum absolute atomic E-state index is 5.90. The van der Waals surface area contributed by atoms with Crippen molar-refractivity contribution in [2.75, 3.05) is 19.6 Å². The molecule has 1 aliphatic carbocycles. The summed E-state index contributed by atoms with van der Waals surface area (Å²) in [7, 11) is 0. The minimum Gasteiger partial charge on any atom is -0.421 e. The SMILES string of the molecule is C1=CCCC(c2nnc(C[C@@H]3CN(Cc4ccccc4)CCN3)o2)=C1. The van der Waals surface area contributed by atoms with Crippen LogP contribution in [0.4, 0.5) is 0 Å². The van der Waals surface area contributed by atoms with Crippen LogP contribution in [0.1, 0.15) is 30.2 Å². The zero-order chi connectivity index (χ0) is 16.9. The lowest BCUT2D eigenvalue weighted by Gasteiger charge is -2.33. The fourth-order valence-corrected chi connectivity index (χ4v) is 3.47. The molecule has 1 aromatic heterocycles. The van der Waals surface area contributed by atoms with Gasteiger partial charge in [0.1, 0.15) is 0 Å². The standard InChI is InChI=1S/C20H24N4O/c1-3-7-16(8-4-1)14-24-12-11-21-18(15-24)13-19-22-23-20(25-19)17-9-5-2-6-10-17/h1-5,7-9,18,21H,6,10-15H2/t18-/m1/s1. The zero-order valence-electron chi connectivity index (χ0n) is 14.4. The maximum Gasteiger partial charge on any atom is 0.243 e. The molecule has 1 aromatic carbocycles. The van der Waals surface area contributed by atoms with Gasteiger partial charge in [0.2, 0.25) is 11.8 Å². The highest BCUT2D eigenvalue weighted by molar-refractivity contribution is 5.61. The van der Waals surface area contributed by atoms with Crippen LogP contribution in [-0.2, 0) is 13.0 Å². The van der Waals surface area contributed by atoms with Crippen molar-refractivity contribution >= 4 is 5.57 Å². The molecule has 0 radical (unpaired) electrons. The van der Waals surface area contributed by atoms with Gasteiger partial charge in [-0.15, -0.1) is 10.2 Å². The van der Waals surface area contributed by atoms with Gasteiger partial charge in [-0.3, -0.25) is 4.90 Å². The van der Waals surface area contributed by atoms with E-state index in [-0.39, 0.29) is 0 Å². The Labute approximate surface area is 148 Å².